The predicted octanol–water partition coefficient (Wildman–Crippen LogP) is 4.70. The molecule has 0 radical (unpaired) electrons. The molecule has 0 unspecified atom stereocenters. The maximum Gasteiger partial charge on any atom is 0.233 e. The van der Waals surface area contributed by atoms with E-state index in [0.29, 0.717) is 25.5 Å². The first-order valence-electron chi connectivity index (χ1n) is 10.8. The lowest BCUT2D eigenvalue weighted by atomic mass is 10.1. The lowest BCUT2D eigenvalue weighted by Crippen LogP contribution is -2.27. The molecule has 2 aromatic heterocycles. The number of hydrogen-bond acceptors (Lipinski definition) is 7. The summed E-state index contributed by atoms with van der Waals surface area (Å²) in [5, 5.41) is 1.76. The fraction of sp³-hybridized carbons (Fsp3) is 0.292. The SMILES string of the molecule is CCn1c(-c2ccc3c(c2)OCCO3)cnc1SCC(=O)N(C)Cc1nc2ccccc2s1. The second kappa shape index (κ2) is 9.44. The number of ether oxygens (including phenoxy) is 2. The van der Waals surface area contributed by atoms with Crippen LogP contribution in [0.3, 0.4) is 0 Å². The summed E-state index contributed by atoms with van der Waals surface area (Å²) >= 11 is 3.08. The fourth-order valence-corrected chi connectivity index (χ4v) is 5.73. The van der Waals surface area contributed by atoms with Crippen molar-refractivity contribution in [3.63, 3.8) is 0 Å². The van der Waals surface area contributed by atoms with Gasteiger partial charge in [0.25, 0.3) is 0 Å². The van der Waals surface area contributed by atoms with E-state index in [-0.39, 0.29) is 5.91 Å². The van der Waals surface area contributed by atoms with Crippen LogP contribution in [0.1, 0.15) is 11.9 Å². The molecular weight excluding hydrogens is 456 g/mol. The molecular formula is C24H24N4O3S2. The van der Waals surface area contributed by atoms with Crippen LogP contribution in [0.5, 0.6) is 11.5 Å². The van der Waals surface area contributed by atoms with Crippen molar-refractivity contribution in [1.29, 1.82) is 0 Å². The molecule has 0 aliphatic carbocycles. The number of amides is 1. The maximum absolute atomic E-state index is 12.8. The first-order valence-corrected chi connectivity index (χ1v) is 12.6. The summed E-state index contributed by atoms with van der Waals surface area (Å²) in [7, 11) is 1.82. The molecule has 2 aromatic carbocycles. The lowest BCUT2D eigenvalue weighted by Gasteiger charge is -2.19. The summed E-state index contributed by atoms with van der Waals surface area (Å²) in [5.74, 6) is 1.89. The highest BCUT2D eigenvalue weighted by Crippen LogP contribution is 2.35. The average molecular weight is 481 g/mol. The maximum atomic E-state index is 12.8. The Bertz CT molecular complexity index is 1270. The Morgan fingerprint density at radius 3 is 2.82 bits per heavy atom. The van der Waals surface area contributed by atoms with E-state index in [4.69, 9.17) is 9.47 Å². The highest BCUT2D eigenvalue weighted by atomic mass is 32.2. The Hall–Kier alpha value is -3.04. The zero-order valence-corrected chi connectivity index (χ0v) is 20.1. The van der Waals surface area contributed by atoms with Gasteiger partial charge in [-0.15, -0.1) is 11.3 Å². The summed E-state index contributed by atoms with van der Waals surface area (Å²) in [6.45, 7) is 4.46. The van der Waals surface area contributed by atoms with E-state index in [1.54, 1.807) is 16.2 Å². The van der Waals surface area contributed by atoms with Crippen molar-refractivity contribution >= 4 is 39.2 Å². The zero-order chi connectivity index (χ0) is 22.8. The van der Waals surface area contributed by atoms with Gasteiger partial charge in [-0.3, -0.25) is 4.79 Å². The molecule has 0 atom stereocenters. The van der Waals surface area contributed by atoms with Crippen molar-refractivity contribution in [2.24, 2.45) is 0 Å². The van der Waals surface area contributed by atoms with Crippen LogP contribution in [0.15, 0.2) is 53.8 Å². The Morgan fingerprint density at radius 2 is 2.00 bits per heavy atom. The summed E-state index contributed by atoms with van der Waals surface area (Å²) in [6.07, 6.45) is 1.85. The van der Waals surface area contributed by atoms with Crippen molar-refractivity contribution in [2.75, 3.05) is 26.0 Å². The largest absolute Gasteiger partial charge is 0.486 e. The first-order chi connectivity index (χ1) is 16.1. The van der Waals surface area contributed by atoms with Crippen molar-refractivity contribution in [3.8, 4) is 22.8 Å². The van der Waals surface area contributed by atoms with Crippen LogP contribution in [0.25, 0.3) is 21.5 Å². The standard InChI is InChI=1S/C24H24N4O3S2/c1-3-28-18(16-8-9-19-20(12-16)31-11-10-30-19)13-25-24(28)32-15-23(29)27(2)14-22-26-17-6-4-5-7-21(17)33-22/h4-9,12-13H,3,10-11,14-15H2,1-2H3. The summed E-state index contributed by atoms with van der Waals surface area (Å²) < 4.78 is 14.6. The second-order valence-electron chi connectivity index (χ2n) is 7.64. The number of carbonyl (C=O) groups excluding carboxylic acids is 1. The predicted molar refractivity (Wildman–Crippen MR) is 131 cm³/mol. The van der Waals surface area contributed by atoms with Crippen molar-refractivity contribution in [1.82, 2.24) is 19.4 Å². The van der Waals surface area contributed by atoms with E-state index >= 15 is 0 Å². The third-order valence-electron chi connectivity index (χ3n) is 5.43. The molecule has 7 nitrogen and oxygen atoms in total. The Kier molecular flexibility index (Phi) is 6.24. The van der Waals surface area contributed by atoms with Crippen LogP contribution in [-0.4, -0.2) is 51.4 Å². The number of hydrogen-bond donors (Lipinski definition) is 0. The number of nitrogens with zero attached hydrogens (tertiary/aromatic N) is 4. The fourth-order valence-electron chi connectivity index (χ4n) is 3.73. The van der Waals surface area contributed by atoms with Gasteiger partial charge >= 0.3 is 0 Å². The number of thiazole rings is 1. The molecule has 3 heterocycles. The third kappa shape index (κ3) is 4.56. The van der Waals surface area contributed by atoms with Gasteiger partial charge in [-0.2, -0.15) is 0 Å². The molecule has 0 saturated heterocycles. The molecule has 0 spiro atoms. The van der Waals surface area contributed by atoms with Crippen molar-refractivity contribution in [3.05, 3.63) is 53.7 Å². The zero-order valence-electron chi connectivity index (χ0n) is 18.5. The quantitative estimate of drug-likeness (QED) is 0.357. The molecule has 0 fully saturated rings. The van der Waals surface area contributed by atoms with Gasteiger partial charge in [0.05, 0.1) is 34.4 Å². The van der Waals surface area contributed by atoms with E-state index in [2.05, 4.69) is 27.5 Å². The summed E-state index contributed by atoms with van der Waals surface area (Å²) in [4.78, 5) is 23.7. The number of imidazole rings is 1. The topological polar surface area (TPSA) is 69.5 Å². The summed E-state index contributed by atoms with van der Waals surface area (Å²) in [6, 6.07) is 14.0. The van der Waals surface area contributed by atoms with Gasteiger partial charge in [0, 0.05) is 19.2 Å². The van der Waals surface area contributed by atoms with Crippen molar-refractivity contribution < 1.29 is 14.3 Å². The van der Waals surface area contributed by atoms with Gasteiger partial charge < -0.3 is 18.9 Å². The molecule has 1 amide bonds. The van der Waals surface area contributed by atoms with Gasteiger partial charge in [-0.25, -0.2) is 9.97 Å². The number of aromatic nitrogens is 3. The molecule has 170 valence electrons. The highest BCUT2D eigenvalue weighted by Gasteiger charge is 2.18. The average Bonchev–Trinajstić information content (AvgIpc) is 3.45. The molecule has 9 heteroatoms. The molecule has 0 N–H and O–H groups in total. The molecule has 0 saturated carbocycles. The van der Waals surface area contributed by atoms with Gasteiger partial charge in [0.15, 0.2) is 16.7 Å². The minimum absolute atomic E-state index is 0.0470. The third-order valence-corrected chi connectivity index (χ3v) is 7.43. The van der Waals surface area contributed by atoms with E-state index in [1.807, 2.05) is 49.6 Å². The Morgan fingerprint density at radius 1 is 1.18 bits per heavy atom. The highest BCUT2D eigenvalue weighted by molar-refractivity contribution is 7.99. The lowest BCUT2D eigenvalue weighted by molar-refractivity contribution is -0.127. The number of carbonyl (C=O) groups is 1. The molecule has 0 bridgehead atoms. The number of thioether (sulfide) groups is 1. The van der Waals surface area contributed by atoms with Gasteiger partial charge in [-0.05, 0) is 37.3 Å². The summed E-state index contributed by atoms with van der Waals surface area (Å²) in [5.41, 5.74) is 2.98. The van der Waals surface area contributed by atoms with Crippen LogP contribution in [0, 0.1) is 0 Å². The van der Waals surface area contributed by atoms with Gasteiger partial charge in [0.1, 0.15) is 18.2 Å². The normalized spacial score (nSPS) is 12.8. The molecule has 4 aromatic rings. The molecule has 1 aliphatic heterocycles. The van der Waals surface area contributed by atoms with E-state index in [9.17, 15) is 4.79 Å². The van der Waals surface area contributed by atoms with Crippen LogP contribution in [0.4, 0.5) is 0 Å². The van der Waals surface area contributed by atoms with Crippen LogP contribution in [-0.2, 0) is 17.9 Å². The minimum Gasteiger partial charge on any atom is -0.486 e. The molecule has 5 rings (SSSR count). The molecule has 33 heavy (non-hydrogen) atoms. The molecule has 1 aliphatic rings. The van der Waals surface area contributed by atoms with E-state index in [1.165, 1.54) is 11.8 Å². The number of para-hydroxylation sites is 1. The monoisotopic (exact) mass is 480 g/mol. The minimum atomic E-state index is 0.0470. The van der Waals surface area contributed by atoms with E-state index in [0.717, 1.165) is 49.7 Å². The second-order valence-corrected chi connectivity index (χ2v) is 9.70. The smallest absolute Gasteiger partial charge is 0.233 e. The Labute approximate surface area is 200 Å². The Balaban J connectivity index is 1.26. The van der Waals surface area contributed by atoms with Crippen LogP contribution in [0.2, 0.25) is 0 Å². The number of benzene rings is 2. The van der Waals surface area contributed by atoms with Gasteiger partial charge in [-0.1, -0.05) is 23.9 Å². The first kappa shape index (κ1) is 21.8. The van der Waals surface area contributed by atoms with E-state index < -0.39 is 0 Å². The van der Waals surface area contributed by atoms with Crippen molar-refractivity contribution in [2.45, 2.75) is 25.2 Å². The van der Waals surface area contributed by atoms with Crippen LogP contribution >= 0.6 is 23.1 Å². The number of fused-ring (bicyclic) bond motifs is 2. The number of rotatable bonds is 7. The van der Waals surface area contributed by atoms with Crippen LogP contribution < -0.4 is 9.47 Å². The van der Waals surface area contributed by atoms with Gasteiger partial charge in [0.2, 0.25) is 5.91 Å².